The zero-order chi connectivity index (χ0) is 10.1. The van der Waals surface area contributed by atoms with Crippen LogP contribution in [0.4, 0.5) is 0 Å². The third kappa shape index (κ3) is 2.35. The van der Waals surface area contributed by atoms with Crippen molar-refractivity contribution in [1.29, 1.82) is 0 Å². The summed E-state index contributed by atoms with van der Waals surface area (Å²) >= 11 is 0. The minimum atomic E-state index is -0.781. The van der Waals surface area contributed by atoms with E-state index < -0.39 is 11.7 Å². The van der Waals surface area contributed by atoms with Crippen LogP contribution in [0.15, 0.2) is 0 Å². The summed E-state index contributed by atoms with van der Waals surface area (Å²) in [4.78, 5) is 22.0. The Labute approximate surface area is 76.9 Å². The first-order valence-corrected chi connectivity index (χ1v) is 4.28. The summed E-state index contributed by atoms with van der Waals surface area (Å²) in [5, 5.41) is 8.93. The minimum Gasteiger partial charge on any atom is -0.393 e. The zero-order valence-corrected chi connectivity index (χ0v) is 7.87. The molecule has 1 N–H and O–H groups in total. The number of ether oxygens (including phenoxy) is 1. The first-order valence-electron chi connectivity index (χ1n) is 4.28. The fourth-order valence-corrected chi connectivity index (χ4v) is 1.44. The number of aliphatic hydroxyl groups is 1. The molecule has 0 aromatic carbocycles. The smallest absolute Gasteiger partial charge is 0.164 e. The third-order valence-electron chi connectivity index (χ3n) is 2.14. The molecule has 0 aliphatic carbocycles. The van der Waals surface area contributed by atoms with Crippen molar-refractivity contribution in [2.75, 3.05) is 6.61 Å². The molecule has 0 bridgehead atoms. The number of Topliss-reactive ketones (excluding diaryl/α,β-unsaturated/α-hetero) is 2. The number of aliphatic hydroxyl groups excluding tert-OH is 1. The topological polar surface area (TPSA) is 63.6 Å². The maximum Gasteiger partial charge on any atom is 0.164 e. The van der Waals surface area contributed by atoms with Crippen LogP contribution < -0.4 is 0 Å². The lowest BCUT2D eigenvalue weighted by molar-refractivity contribution is -0.130. The molecular formula is C9H14O4. The molecule has 74 valence electrons. The Balaban J connectivity index is 2.61. The monoisotopic (exact) mass is 186 g/mol. The summed E-state index contributed by atoms with van der Waals surface area (Å²) in [5.74, 6) is -0.160. The van der Waals surface area contributed by atoms with Crippen molar-refractivity contribution in [1.82, 2.24) is 0 Å². The van der Waals surface area contributed by atoms with Gasteiger partial charge in [0.1, 0.15) is 11.9 Å². The molecule has 0 saturated carbocycles. The molecule has 13 heavy (non-hydrogen) atoms. The molecular weight excluding hydrogens is 172 g/mol. The summed E-state index contributed by atoms with van der Waals surface area (Å²) in [6.07, 6.45) is -0.328. The van der Waals surface area contributed by atoms with E-state index in [0.29, 0.717) is 0 Å². The van der Waals surface area contributed by atoms with Gasteiger partial charge < -0.3 is 9.84 Å². The van der Waals surface area contributed by atoms with E-state index in [2.05, 4.69) is 0 Å². The molecule has 1 rings (SSSR count). The Morgan fingerprint density at radius 1 is 1.77 bits per heavy atom. The van der Waals surface area contributed by atoms with Gasteiger partial charge in [-0.2, -0.15) is 0 Å². The van der Waals surface area contributed by atoms with E-state index in [9.17, 15) is 9.59 Å². The van der Waals surface area contributed by atoms with Crippen molar-refractivity contribution < 1.29 is 19.4 Å². The van der Waals surface area contributed by atoms with E-state index >= 15 is 0 Å². The van der Waals surface area contributed by atoms with Crippen LogP contribution in [0, 0.1) is 0 Å². The maximum absolute atomic E-state index is 11.3. The van der Waals surface area contributed by atoms with Gasteiger partial charge in [-0.25, -0.2) is 0 Å². The molecule has 2 unspecified atom stereocenters. The normalized spacial score (nSPS) is 33.8. The molecule has 0 amide bonds. The number of hydrogen-bond donors (Lipinski definition) is 1. The molecule has 1 aliphatic rings. The van der Waals surface area contributed by atoms with E-state index in [0.717, 1.165) is 0 Å². The standard InChI is InChI=1S/C9H14O4/c1-6(11)3-8-7(12)4-9(2,5-10)13-8/h8,10H,3-5H2,1-2H3. The molecule has 1 fully saturated rings. The van der Waals surface area contributed by atoms with E-state index in [-0.39, 0.29) is 31.0 Å². The highest BCUT2D eigenvalue weighted by Crippen LogP contribution is 2.28. The van der Waals surface area contributed by atoms with E-state index in [4.69, 9.17) is 9.84 Å². The second-order valence-electron chi connectivity index (χ2n) is 3.76. The van der Waals surface area contributed by atoms with Gasteiger partial charge >= 0.3 is 0 Å². The van der Waals surface area contributed by atoms with Gasteiger partial charge in [0.15, 0.2) is 5.78 Å². The van der Waals surface area contributed by atoms with Crippen LogP contribution in [0.3, 0.4) is 0 Å². The molecule has 2 atom stereocenters. The van der Waals surface area contributed by atoms with Crippen LogP contribution in [0.25, 0.3) is 0 Å². The average molecular weight is 186 g/mol. The lowest BCUT2D eigenvalue weighted by Gasteiger charge is -2.20. The van der Waals surface area contributed by atoms with Gasteiger partial charge in [-0.05, 0) is 13.8 Å². The Morgan fingerprint density at radius 2 is 2.38 bits per heavy atom. The highest BCUT2D eigenvalue weighted by atomic mass is 16.5. The Morgan fingerprint density at radius 3 is 2.77 bits per heavy atom. The predicted molar refractivity (Wildman–Crippen MR) is 45.3 cm³/mol. The van der Waals surface area contributed by atoms with Crippen LogP contribution in [0.2, 0.25) is 0 Å². The van der Waals surface area contributed by atoms with Gasteiger partial charge in [-0.1, -0.05) is 0 Å². The summed E-state index contributed by atoms with van der Waals surface area (Å²) < 4.78 is 5.30. The Hall–Kier alpha value is -0.740. The SMILES string of the molecule is CC(=O)CC1OC(C)(CO)CC1=O. The summed E-state index contributed by atoms with van der Waals surface area (Å²) in [6, 6.07) is 0. The van der Waals surface area contributed by atoms with Crippen LogP contribution in [0.5, 0.6) is 0 Å². The van der Waals surface area contributed by atoms with E-state index in [1.165, 1.54) is 6.92 Å². The Kier molecular flexibility index (Phi) is 2.83. The highest BCUT2D eigenvalue weighted by molar-refractivity contribution is 5.90. The highest BCUT2D eigenvalue weighted by Gasteiger charge is 2.42. The molecule has 1 heterocycles. The van der Waals surface area contributed by atoms with E-state index in [1.807, 2.05) is 0 Å². The first-order chi connectivity index (χ1) is 5.97. The van der Waals surface area contributed by atoms with Gasteiger partial charge in [0.2, 0.25) is 0 Å². The zero-order valence-electron chi connectivity index (χ0n) is 7.87. The first kappa shape index (κ1) is 10.3. The van der Waals surface area contributed by atoms with Crippen LogP contribution in [-0.2, 0) is 14.3 Å². The molecule has 1 aliphatic heterocycles. The molecule has 0 spiro atoms. The fourth-order valence-electron chi connectivity index (χ4n) is 1.44. The molecule has 0 aromatic rings. The predicted octanol–water partition coefficient (Wildman–Crippen LogP) is 0.0745. The van der Waals surface area contributed by atoms with Crippen molar-refractivity contribution in [2.24, 2.45) is 0 Å². The average Bonchev–Trinajstić information content (AvgIpc) is 2.27. The van der Waals surface area contributed by atoms with Crippen molar-refractivity contribution in [2.45, 2.75) is 38.4 Å². The lowest BCUT2D eigenvalue weighted by atomic mass is 10.0. The van der Waals surface area contributed by atoms with Gasteiger partial charge in [0.25, 0.3) is 0 Å². The van der Waals surface area contributed by atoms with Crippen molar-refractivity contribution >= 4 is 11.6 Å². The van der Waals surface area contributed by atoms with Gasteiger partial charge in [-0.15, -0.1) is 0 Å². The number of ketones is 2. The number of hydrogen-bond acceptors (Lipinski definition) is 4. The van der Waals surface area contributed by atoms with E-state index in [1.54, 1.807) is 6.92 Å². The number of carbonyl (C=O) groups is 2. The van der Waals surface area contributed by atoms with Crippen LogP contribution in [-0.4, -0.2) is 35.0 Å². The van der Waals surface area contributed by atoms with Gasteiger partial charge in [-0.3, -0.25) is 9.59 Å². The molecule has 0 radical (unpaired) electrons. The van der Waals surface area contributed by atoms with Crippen molar-refractivity contribution in [3.8, 4) is 0 Å². The summed E-state index contributed by atoms with van der Waals surface area (Å²) in [5.41, 5.74) is -0.781. The summed E-state index contributed by atoms with van der Waals surface area (Å²) in [7, 11) is 0. The van der Waals surface area contributed by atoms with Gasteiger partial charge in [0, 0.05) is 12.8 Å². The number of rotatable bonds is 3. The second-order valence-corrected chi connectivity index (χ2v) is 3.76. The maximum atomic E-state index is 11.3. The second kappa shape index (κ2) is 3.55. The molecule has 1 saturated heterocycles. The summed E-state index contributed by atoms with van der Waals surface area (Å²) in [6.45, 7) is 2.91. The van der Waals surface area contributed by atoms with Crippen molar-refractivity contribution in [3.63, 3.8) is 0 Å². The van der Waals surface area contributed by atoms with Crippen molar-refractivity contribution in [3.05, 3.63) is 0 Å². The minimum absolute atomic E-state index is 0.0689. The quantitative estimate of drug-likeness (QED) is 0.677. The Bertz CT molecular complexity index is 236. The van der Waals surface area contributed by atoms with Crippen LogP contribution >= 0.6 is 0 Å². The van der Waals surface area contributed by atoms with Gasteiger partial charge in [0.05, 0.1) is 12.2 Å². The van der Waals surface area contributed by atoms with Crippen LogP contribution in [0.1, 0.15) is 26.7 Å². The lowest BCUT2D eigenvalue weighted by Crippen LogP contribution is -2.29. The number of carbonyl (C=O) groups excluding carboxylic acids is 2. The third-order valence-corrected chi connectivity index (χ3v) is 2.14. The molecule has 4 nitrogen and oxygen atoms in total. The molecule has 4 heteroatoms. The molecule has 0 aromatic heterocycles. The fraction of sp³-hybridized carbons (Fsp3) is 0.778. The largest absolute Gasteiger partial charge is 0.393 e.